The molecule has 1 aromatic carbocycles. The molecule has 0 amide bonds. The molecule has 0 aliphatic carbocycles. The Morgan fingerprint density at radius 1 is 1.33 bits per heavy atom. The summed E-state index contributed by atoms with van der Waals surface area (Å²) in [6.45, 7) is 2.05. The Morgan fingerprint density at radius 3 is 2.78 bits per heavy atom. The molecule has 96 valence electrons. The molecule has 2 rings (SSSR count). The van der Waals surface area contributed by atoms with Gasteiger partial charge in [0.2, 0.25) is 11.7 Å². The number of halogens is 2. The van der Waals surface area contributed by atoms with E-state index in [0.29, 0.717) is 21.8 Å². The molecule has 6 heteroatoms. The van der Waals surface area contributed by atoms with Crippen LogP contribution < -0.4 is 5.73 Å². The minimum absolute atomic E-state index is 0.223. The molecule has 0 spiro atoms. The first-order chi connectivity index (χ1) is 8.61. The number of benzene rings is 1. The Morgan fingerprint density at radius 2 is 2.11 bits per heavy atom. The maximum absolute atomic E-state index is 5.94. The third-order valence-corrected chi connectivity index (χ3v) is 3.28. The van der Waals surface area contributed by atoms with Gasteiger partial charge in [-0.1, -0.05) is 41.7 Å². The van der Waals surface area contributed by atoms with E-state index < -0.39 is 0 Å². The van der Waals surface area contributed by atoms with Crippen LogP contribution in [0.2, 0.25) is 10.0 Å². The van der Waals surface area contributed by atoms with Gasteiger partial charge in [0.1, 0.15) is 0 Å². The highest BCUT2D eigenvalue weighted by Gasteiger charge is 2.15. The van der Waals surface area contributed by atoms with Crippen LogP contribution in [-0.2, 0) is 0 Å². The van der Waals surface area contributed by atoms with Gasteiger partial charge in [-0.25, -0.2) is 0 Å². The first-order valence-electron chi connectivity index (χ1n) is 5.66. The third kappa shape index (κ3) is 2.83. The van der Waals surface area contributed by atoms with Crippen molar-refractivity contribution in [1.82, 2.24) is 10.1 Å². The van der Waals surface area contributed by atoms with E-state index in [1.54, 1.807) is 18.2 Å². The average Bonchev–Trinajstić information content (AvgIpc) is 2.82. The summed E-state index contributed by atoms with van der Waals surface area (Å²) in [5.74, 6) is 0.910. The zero-order chi connectivity index (χ0) is 13.1. The molecule has 1 atom stereocenters. The van der Waals surface area contributed by atoms with Gasteiger partial charge in [0, 0.05) is 5.56 Å². The van der Waals surface area contributed by atoms with Crippen molar-refractivity contribution in [2.75, 3.05) is 0 Å². The Bertz CT molecular complexity index is 542. The quantitative estimate of drug-likeness (QED) is 0.927. The van der Waals surface area contributed by atoms with Crippen molar-refractivity contribution < 1.29 is 4.52 Å². The number of hydrogen-bond donors (Lipinski definition) is 1. The lowest BCUT2D eigenvalue weighted by molar-refractivity contribution is 0.348. The van der Waals surface area contributed by atoms with Crippen molar-refractivity contribution in [3.05, 3.63) is 34.1 Å². The summed E-state index contributed by atoms with van der Waals surface area (Å²) in [5.41, 5.74) is 6.66. The van der Waals surface area contributed by atoms with E-state index in [0.717, 1.165) is 18.4 Å². The molecule has 2 aromatic rings. The van der Waals surface area contributed by atoms with Crippen LogP contribution >= 0.6 is 23.2 Å². The number of nitrogens with two attached hydrogens (primary N) is 1. The molecule has 0 bridgehead atoms. The Balaban J connectivity index is 2.26. The van der Waals surface area contributed by atoms with E-state index in [2.05, 4.69) is 17.1 Å². The van der Waals surface area contributed by atoms with Crippen molar-refractivity contribution in [3.8, 4) is 11.4 Å². The minimum atomic E-state index is -0.223. The molecular weight excluding hydrogens is 273 g/mol. The van der Waals surface area contributed by atoms with Crippen LogP contribution in [0.15, 0.2) is 22.7 Å². The summed E-state index contributed by atoms with van der Waals surface area (Å²) in [7, 11) is 0. The number of aromatic nitrogens is 2. The number of hydrogen-bond acceptors (Lipinski definition) is 4. The third-order valence-electron chi connectivity index (χ3n) is 2.54. The predicted molar refractivity (Wildman–Crippen MR) is 71.6 cm³/mol. The van der Waals surface area contributed by atoms with Gasteiger partial charge >= 0.3 is 0 Å². The highest BCUT2D eigenvalue weighted by molar-refractivity contribution is 6.42. The molecule has 1 unspecified atom stereocenters. The zero-order valence-corrected chi connectivity index (χ0v) is 11.4. The monoisotopic (exact) mass is 285 g/mol. The Kier molecular flexibility index (Phi) is 4.22. The molecule has 18 heavy (non-hydrogen) atoms. The molecule has 4 nitrogen and oxygen atoms in total. The molecule has 0 fully saturated rings. The van der Waals surface area contributed by atoms with Crippen LogP contribution in [0.5, 0.6) is 0 Å². The summed E-state index contributed by atoms with van der Waals surface area (Å²) in [5, 5.41) is 4.84. The van der Waals surface area contributed by atoms with Crippen molar-refractivity contribution >= 4 is 23.2 Å². The van der Waals surface area contributed by atoms with Crippen molar-refractivity contribution in [3.63, 3.8) is 0 Å². The molecule has 0 aliphatic heterocycles. The fourth-order valence-electron chi connectivity index (χ4n) is 1.57. The van der Waals surface area contributed by atoms with Gasteiger partial charge in [-0.15, -0.1) is 0 Å². The van der Waals surface area contributed by atoms with E-state index >= 15 is 0 Å². The fraction of sp³-hybridized carbons (Fsp3) is 0.333. The normalized spacial score (nSPS) is 12.7. The van der Waals surface area contributed by atoms with Gasteiger partial charge < -0.3 is 10.3 Å². The second-order valence-electron chi connectivity index (χ2n) is 3.98. The van der Waals surface area contributed by atoms with Gasteiger partial charge in [-0.05, 0) is 24.6 Å². The maximum Gasteiger partial charge on any atom is 0.243 e. The molecule has 0 aliphatic rings. The lowest BCUT2D eigenvalue weighted by Crippen LogP contribution is -2.09. The van der Waals surface area contributed by atoms with Crippen LogP contribution in [0, 0.1) is 0 Å². The lowest BCUT2D eigenvalue weighted by Gasteiger charge is -2.02. The number of nitrogens with zero attached hydrogens (tertiary/aromatic N) is 2. The lowest BCUT2D eigenvalue weighted by atomic mass is 10.2. The molecule has 0 radical (unpaired) electrons. The maximum atomic E-state index is 5.94. The first kappa shape index (κ1) is 13.3. The van der Waals surface area contributed by atoms with Gasteiger partial charge in [0.05, 0.1) is 16.1 Å². The highest BCUT2D eigenvalue weighted by Crippen LogP contribution is 2.27. The van der Waals surface area contributed by atoms with Gasteiger partial charge in [0.25, 0.3) is 0 Å². The summed E-state index contributed by atoms with van der Waals surface area (Å²) < 4.78 is 5.14. The molecular formula is C12H13Cl2N3O. The smallest absolute Gasteiger partial charge is 0.243 e. The second kappa shape index (κ2) is 5.69. The molecule has 2 N–H and O–H groups in total. The van der Waals surface area contributed by atoms with E-state index in [4.69, 9.17) is 33.5 Å². The average molecular weight is 286 g/mol. The van der Waals surface area contributed by atoms with Crippen molar-refractivity contribution in [2.45, 2.75) is 25.8 Å². The SMILES string of the molecule is CCCC(N)c1nc(-c2ccc(Cl)c(Cl)c2)no1. The molecule has 1 aromatic heterocycles. The van der Waals surface area contributed by atoms with Crippen LogP contribution in [0.1, 0.15) is 31.7 Å². The Hall–Kier alpha value is -1.10. The van der Waals surface area contributed by atoms with Crippen LogP contribution in [0.3, 0.4) is 0 Å². The summed E-state index contributed by atoms with van der Waals surface area (Å²) in [4.78, 5) is 4.27. The second-order valence-corrected chi connectivity index (χ2v) is 4.79. The minimum Gasteiger partial charge on any atom is -0.337 e. The van der Waals surface area contributed by atoms with Gasteiger partial charge in [0.15, 0.2) is 0 Å². The summed E-state index contributed by atoms with van der Waals surface area (Å²) >= 11 is 11.8. The molecule has 1 heterocycles. The van der Waals surface area contributed by atoms with Crippen molar-refractivity contribution in [1.29, 1.82) is 0 Å². The van der Waals surface area contributed by atoms with Crippen LogP contribution in [0.4, 0.5) is 0 Å². The van der Waals surface area contributed by atoms with Crippen LogP contribution in [0.25, 0.3) is 11.4 Å². The van der Waals surface area contributed by atoms with E-state index in [1.807, 2.05) is 0 Å². The van der Waals surface area contributed by atoms with Crippen molar-refractivity contribution in [2.24, 2.45) is 5.73 Å². The molecule has 0 saturated heterocycles. The Labute approximate surface area is 115 Å². The van der Waals surface area contributed by atoms with E-state index in [9.17, 15) is 0 Å². The largest absolute Gasteiger partial charge is 0.337 e. The topological polar surface area (TPSA) is 64.9 Å². The van der Waals surface area contributed by atoms with Gasteiger partial charge in [-0.2, -0.15) is 4.98 Å². The molecule has 0 saturated carbocycles. The van der Waals surface area contributed by atoms with Crippen LogP contribution in [-0.4, -0.2) is 10.1 Å². The first-order valence-corrected chi connectivity index (χ1v) is 6.42. The van der Waals surface area contributed by atoms with E-state index in [-0.39, 0.29) is 6.04 Å². The zero-order valence-electron chi connectivity index (χ0n) is 9.86. The summed E-state index contributed by atoms with van der Waals surface area (Å²) in [6, 6.07) is 4.96. The van der Waals surface area contributed by atoms with E-state index in [1.165, 1.54) is 0 Å². The highest BCUT2D eigenvalue weighted by atomic mass is 35.5. The fourth-order valence-corrected chi connectivity index (χ4v) is 1.87. The standard InChI is InChI=1S/C12H13Cl2N3O/c1-2-3-10(15)12-16-11(17-18-12)7-4-5-8(13)9(14)6-7/h4-6,10H,2-3,15H2,1H3. The van der Waals surface area contributed by atoms with Gasteiger partial charge in [-0.3, -0.25) is 0 Å². The number of rotatable bonds is 4. The summed E-state index contributed by atoms with van der Waals surface area (Å²) in [6.07, 6.45) is 1.77. The predicted octanol–water partition coefficient (Wildman–Crippen LogP) is 3.84.